The zero-order valence-electron chi connectivity index (χ0n) is 8.52. The molecule has 3 heteroatoms. The Kier molecular flexibility index (Phi) is 3.19. The van der Waals surface area contributed by atoms with E-state index in [9.17, 15) is 0 Å². The molecule has 1 aromatic heterocycles. The van der Waals surface area contributed by atoms with Gasteiger partial charge in [0.2, 0.25) is 0 Å². The summed E-state index contributed by atoms with van der Waals surface area (Å²) in [7, 11) is 0. The van der Waals surface area contributed by atoms with Gasteiger partial charge in [0.15, 0.2) is 0 Å². The van der Waals surface area contributed by atoms with Crippen LogP contribution in [0.2, 0.25) is 5.02 Å². The van der Waals surface area contributed by atoms with Crippen LogP contribution in [0.3, 0.4) is 0 Å². The van der Waals surface area contributed by atoms with Crippen molar-refractivity contribution in [2.24, 2.45) is 0 Å². The van der Waals surface area contributed by atoms with Crippen molar-refractivity contribution in [3.63, 3.8) is 0 Å². The standard InChI is InChI=1S/C13H9ClN2/c14-12-3-1-2-11(8-12)13-5-4-10(6-7-15)9-16-13/h1-5,8-9H,6H2. The molecule has 0 N–H and O–H groups in total. The predicted molar refractivity (Wildman–Crippen MR) is 64.0 cm³/mol. The summed E-state index contributed by atoms with van der Waals surface area (Å²) in [6, 6.07) is 13.4. The number of aromatic nitrogens is 1. The maximum Gasteiger partial charge on any atom is 0.0702 e. The molecule has 78 valence electrons. The van der Waals surface area contributed by atoms with Crippen molar-refractivity contribution in [3.8, 4) is 17.3 Å². The van der Waals surface area contributed by atoms with E-state index in [4.69, 9.17) is 16.9 Å². The largest absolute Gasteiger partial charge is 0.256 e. The van der Waals surface area contributed by atoms with Gasteiger partial charge in [-0.3, -0.25) is 4.98 Å². The predicted octanol–water partition coefficient (Wildman–Crippen LogP) is 3.47. The van der Waals surface area contributed by atoms with E-state index < -0.39 is 0 Å². The molecule has 0 bridgehead atoms. The highest BCUT2D eigenvalue weighted by Gasteiger charge is 2.00. The lowest BCUT2D eigenvalue weighted by molar-refractivity contribution is 1.19. The smallest absolute Gasteiger partial charge is 0.0702 e. The van der Waals surface area contributed by atoms with Crippen LogP contribution in [0.25, 0.3) is 11.3 Å². The molecule has 0 spiro atoms. The number of hydrogen-bond acceptors (Lipinski definition) is 2. The summed E-state index contributed by atoms with van der Waals surface area (Å²) >= 11 is 5.90. The number of nitrogens with zero attached hydrogens (tertiary/aromatic N) is 2. The van der Waals surface area contributed by atoms with E-state index in [1.165, 1.54) is 0 Å². The minimum absolute atomic E-state index is 0.392. The molecule has 0 unspecified atom stereocenters. The van der Waals surface area contributed by atoms with Gasteiger partial charge in [-0.2, -0.15) is 5.26 Å². The molecule has 0 saturated carbocycles. The lowest BCUT2D eigenvalue weighted by Gasteiger charge is -2.01. The van der Waals surface area contributed by atoms with E-state index in [1.807, 2.05) is 36.4 Å². The maximum absolute atomic E-state index is 8.55. The Morgan fingerprint density at radius 2 is 2.12 bits per heavy atom. The van der Waals surface area contributed by atoms with E-state index in [0.29, 0.717) is 11.4 Å². The van der Waals surface area contributed by atoms with Gasteiger partial charge in [-0.05, 0) is 23.8 Å². The van der Waals surface area contributed by atoms with Crippen LogP contribution in [-0.4, -0.2) is 4.98 Å². The third-order valence-electron chi connectivity index (χ3n) is 2.23. The lowest BCUT2D eigenvalue weighted by Crippen LogP contribution is -1.87. The first kappa shape index (κ1) is 10.7. The third kappa shape index (κ3) is 2.39. The number of nitriles is 1. The van der Waals surface area contributed by atoms with Gasteiger partial charge in [0.05, 0.1) is 18.2 Å². The van der Waals surface area contributed by atoms with Crippen LogP contribution < -0.4 is 0 Å². The van der Waals surface area contributed by atoms with Crippen LogP contribution in [0.4, 0.5) is 0 Å². The third-order valence-corrected chi connectivity index (χ3v) is 2.46. The van der Waals surface area contributed by atoms with E-state index in [-0.39, 0.29) is 0 Å². The number of rotatable bonds is 2. The first-order valence-electron chi connectivity index (χ1n) is 4.87. The highest BCUT2D eigenvalue weighted by Crippen LogP contribution is 2.20. The molecule has 2 rings (SSSR count). The van der Waals surface area contributed by atoms with Crippen LogP contribution in [0.15, 0.2) is 42.6 Å². The van der Waals surface area contributed by atoms with Crippen molar-refractivity contribution < 1.29 is 0 Å². The Morgan fingerprint density at radius 1 is 1.25 bits per heavy atom. The normalized spacial score (nSPS) is 9.75. The summed E-state index contributed by atoms with van der Waals surface area (Å²) < 4.78 is 0. The van der Waals surface area contributed by atoms with Crippen LogP contribution in [-0.2, 0) is 6.42 Å². The zero-order valence-corrected chi connectivity index (χ0v) is 9.28. The molecule has 2 aromatic rings. The summed E-state index contributed by atoms with van der Waals surface area (Å²) in [6.07, 6.45) is 2.11. The van der Waals surface area contributed by atoms with E-state index in [2.05, 4.69) is 11.1 Å². The number of pyridine rings is 1. The van der Waals surface area contributed by atoms with Crippen molar-refractivity contribution >= 4 is 11.6 Å². The minimum atomic E-state index is 0.392. The Balaban J connectivity index is 2.32. The first-order chi connectivity index (χ1) is 7.79. The van der Waals surface area contributed by atoms with Gasteiger partial charge in [0, 0.05) is 16.8 Å². The molecule has 0 amide bonds. The quantitative estimate of drug-likeness (QED) is 0.789. The molecule has 16 heavy (non-hydrogen) atoms. The number of benzene rings is 1. The van der Waals surface area contributed by atoms with Crippen LogP contribution in [0.1, 0.15) is 5.56 Å². The maximum atomic E-state index is 8.55. The Labute approximate surface area is 99.1 Å². The van der Waals surface area contributed by atoms with Crippen molar-refractivity contribution in [2.75, 3.05) is 0 Å². The van der Waals surface area contributed by atoms with E-state index >= 15 is 0 Å². The molecule has 0 aliphatic rings. The van der Waals surface area contributed by atoms with Crippen LogP contribution in [0, 0.1) is 11.3 Å². The van der Waals surface area contributed by atoms with Gasteiger partial charge in [-0.25, -0.2) is 0 Å². The molecule has 2 nitrogen and oxygen atoms in total. The van der Waals surface area contributed by atoms with Crippen molar-refractivity contribution in [3.05, 3.63) is 53.2 Å². The molecule has 0 fully saturated rings. The van der Waals surface area contributed by atoms with Gasteiger partial charge in [0.1, 0.15) is 0 Å². The SMILES string of the molecule is N#CCc1ccc(-c2cccc(Cl)c2)nc1. The molecule has 0 aliphatic carbocycles. The van der Waals surface area contributed by atoms with Gasteiger partial charge >= 0.3 is 0 Å². The van der Waals surface area contributed by atoms with Crippen molar-refractivity contribution in [2.45, 2.75) is 6.42 Å². The number of halogens is 1. The van der Waals surface area contributed by atoms with Crippen molar-refractivity contribution in [1.82, 2.24) is 4.98 Å². The minimum Gasteiger partial charge on any atom is -0.256 e. The molecule has 0 aliphatic heterocycles. The fourth-order valence-electron chi connectivity index (χ4n) is 1.44. The van der Waals surface area contributed by atoms with E-state index in [1.54, 1.807) is 6.20 Å². The Bertz CT molecular complexity index is 526. The van der Waals surface area contributed by atoms with E-state index in [0.717, 1.165) is 16.8 Å². The fourth-order valence-corrected chi connectivity index (χ4v) is 1.63. The topological polar surface area (TPSA) is 36.7 Å². The Morgan fingerprint density at radius 3 is 2.75 bits per heavy atom. The average Bonchev–Trinajstić information content (AvgIpc) is 2.30. The second kappa shape index (κ2) is 4.78. The summed E-state index contributed by atoms with van der Waals surface area (Å²) in [5.74, 6) is 0. The van der Waals surface area contributed by atoms with Gasteiger partial charge < -0.3 is 0 Å². The first-order valence-corrected chi connectivity index (χ1v) is 5.25. The summed E-state index contributed by atoms with van der Waals surface area (Å²) in [4.78, 5) is 4.30. The van der Waals surface area contributed by atoms with Crippen molar-refractivity contribution in [1.29, 1.82) is 5.26 Å². The fraction of sp³-hybridized carbons (Fsp3) is 0.0769. The Hall–Kier alpha value is -1.85. The molecular weight excluding hydrogens is 220 g/mol. The molecule has 1 aromatic carbocycles. The summed E-state index contributed by atoms with van der Waals surface area (Å²) in [5.41, 5.74) is 2.77. The summed E-state index contributed by atoms with van der Waals surface area (Å²) in [6.45, 7) is 0. The van der Waals surface area contributed by atoms with Crippen LogP contribution >= 0.6 is 11.6 Å². The molecule has 1 heterocycles. The lowest BCUT2D eigenvalue weighted by atomic mass is 10.1. The molecule has 0 radical (unpaired) electrons. The highest BCUT2D eigenvalue weighted by atomic mass is 35.5. The summed E-state index contributed by atoms with van der Waals surface area (Å²) in [5, 5.41) is 9.24. The van der Waals surface area contributed by atoms with Gasteiger partial charge in [-0.15, -0.1) is 0 Å². The number of hydrogen-bond donors (Lipinski definition) is 0. The van der Waals surface area contributed by atoms with Gasteiger partial charge in [0.25, 0.3) is 0 Å². The molecule has 0 atom stereocenters. The monoisotopic (exact) mass is 228 g/mol. The zero-order chi connectivity index (χ0) is 11.4. The average molecular weight is 229 g/mol. The highest BCUT2D eigenvalue weighted by molar-refractivity contribution is 6.30. The second-order valence-corrected chi connectivity index (χ2v) is 3.83. The molecular formula is C13H9ClN2. The van der Waals surface area contributed by atoms with Gasteiger partial charge in [-0.1, -0.05) is 29.8 Å². The van der Waals surface area contributed by atoms with Crippen LogP contribution in [0.5, 0.6) is 0 Å². The second-order valence-electron chi connectivity index (χ2n) is 3.40. The molecule has 0 saturated heterocycles.